The fraction of sp³-hybridized carbons (Fsp3) is 0.500. The predicted molar refractivity (Wildman–Crippen MR) is 70.8 cm³/mol. The number of methoxy groups -OCH3 is 2. The molecule has 19 heavy (non-hydrogen) atoms. The van der Waals surface area contributed by atoms with Crippen LogP contribution < -0.4 is 14.8 Å². The standard InChI is InChI=1S/C12H18N2O4S/c1-17-9-4-3-5-10(6-9)19(15,16)14-11-7-13-8-12(11)18-2/h3-6,11-14H,7-8H2,1-2H3/t11-,12-/m0/s1. The molecule has 0 aromatic heterocycles. The van der Waals surface area contributed by atoms with Crippen LogP contribution in [0.5, 0.6) is 5.75 Å². The van der Waals surface area contributed by atoms with E-state index in [1.807, 2.05) is 0 Å². The van der Waals surface area contributed by atoms with Gasteiger partial charge in [-0.15, -0.1) is 0 Å². The molecule has 0 bridgehead atoms. The Morgan fingerprint density at radius 3 is 2.79 bits per heavy atom. The lowest BCUT2D eigenvalue weighted by molar-refractivity contribution is 0.103. The summed E-state index contributed by atoms with van der Waals surface area (Å²) in [6.45, 7) is 1.20. The highest BCUT2D eigenvalue weighted by Crippen LogP contribution is 2.18. The maximum atomic E-state index is 12.3. The molecule has 2 rings (SSSR count). The predicted octanol–water partition coefficient (Wildman–Crippen LogP) is -0.0397. The van der Waals surface area contributed by atoms with Crippen molar-refractivity contribution < 1.29 is 17.9 Å². The number of rotatable bonds is 5. The molecule has 1 aliphatic rings. The van der Waals surface area contributed by atoms with E-state index in [0.29, 0.717) is 18.8 Å². The smallest absolute Gasteiger partial charge is 0.241 e. The van der Waals surface area contributed by atoms with Gasteiger partial charge in [-0.25, -0.2) is 13.1 Å². The molecule has 6 nitrogen and oxygen atoms in total. The summed E-state index contributed by atoms with van der Waals surface area (Å²) in [5, 5.41) is 3.09. The Kier molecular flexibility index (Phi) is 4.41. The van der Waals surface area contributed by atoms with Crippen LogP contribution in [0.4, 0.5) is 0 Å². The van der Waals surface area contributed by atoms with Crippen molar-refractivity contribution in [3.05, 3.63) is 24.3 Å². The van der Waals surface area contributed by atoms with Gasteiger partial charge in [0.2, 0.25) is 10.0 Å². The lowest BCUT2D eigenvalue weighted by Gasteiger charge is -2.18. The van der Waals surface area contributed by atoms with Gasteiger partial charge in [-0.1, -0.05) is 6.07 Å². The van der Waals surface area contributed by atoms with Crippen LogP contribution in [-0.4, -0.2) is 47.9 Å². The molecule has 1 aliphatic heterocycles. The monoisotopic (exact) mass is 286 g/mol. The van der Waals surface area contributed by atoms with Crippen molar-refractivity contribution in [3.63, 3.8) is 0 Å². The third-order valence-electron chi connectivity index (χ3n) is 3.12. The normalized spacial score (nSPS) is 23.5. The lowest BCUT2D eigenvalue weighted by Crippen LogP contribution is -2.43. The summed E-state index contributed by atoms with van der Waals surface area (Å²) in [5.41, 5.74) is 0. The first-order chi connectivity index (χ1) is 9.06. The SMILES string of the molecule is COc1cccc(S(=O)(=O)N[C@H]2CNC[C@@H]2OC)c1. The second-order valence-electron chi connectivity index (χ2n) is 4.34. The highest BCUT2D eigenvalue weighted by atomic mass is 32.2. The highest BCUT2D eigenvalue weighted by Gasteiger charge is 2.31. The Morgan fingerprint density at radius 2 is 2.11 bits per heavy atom. The Labute approximate surface area is 113 Å². The maximum Gasteiger partial charge on any atom is 0.241 e. The van der Waals surface area contributed by atoms with Crippen molar-refractivity contribution in [3.8, 4) is 5.75 Å². The molecule has 7 heteroatoms. The summed E-state index contributed by atoms with van der Waals surface area (Å²) in [7, 11) is -0.494. The summed E-state index contributed by atoms with van der Waals surface area (Å²) >= 11 is 0. The van der Waals surface area contributed by atoms with E-state index in [0.717, 1.165) is 0 Å². The van der Waals surface area contributed by atoms with Crippen LogP contribution in [0, 0.1) is 0 Å². The summed E-state index contributed by atoms with van der Waals surface area (Å²) in [5.74, 6) is 0.510. The first-order valence-electron chi connectivity index (χ1n) is 5.96. The van der Waals surface area contributed by atoms with Gasteiger partial charge in [0.05, 0.1) is 24.2 Å². The van der Waals surface area contributed by atoms with Crippen molar-refractivity contribution in [2.24, 2.45) is 0 Å². The molecule has 0 spiro atoms. The lowest BCUT2D eigenvalue weighted by atomic mass is 10.2. The maximum absolute atomic E-state index is 12.3. The van der Waals surface area contributed by atoms with Gasteiger partial charge in [0, 0.05) is 26.3 Å². The number of hydrogen-bond donors (Lipinski definition) is 2. The molecule has 1 saturated heterocycles. The van der Waals surface area contributed by atoms with Gasteiger partial charge in [-0.05, 0) is 12.1 Å². The average Bonchev–Trinajstić information content (AvgIpc) is 2.85. The average molecular weight is 286 g/mol. The topological polar surface area (TPSA) is 76.7 Å². The van der Waals surface area contributed by atoms with Crippen LogP contribution in [0.1, 0.15) is 0 Å². The molecule has 0 aliphatic carbocycles. The number of ether oxygens (including phenoxy) is 2. The molecule has 106 valence electrons. The second kappa shape index (κ2) is 5.87. The largest absolute Gasteiger partial charge is 0.497 e. The van der Waals surface area contributed by atoms with E-state index in [1.54, 1.807) is 19.2 Å². The third-order valence-corrected chi connectivity index (χ3v) is 4.61. The molecule has 0 radical (unpaired) electrons. The third kappa shape index (κ3) is 3.24. The van der Waals surface area contributed by atoms with E-state index in [4.69, 9.17) is 9.47 Å². The Balaban J connectivity index is 2.17. The van der Waals surface area contributed by atoms with E-state index >= 15 is 0 Å². The van der Waals surface area contributed by atoms with Gasteiger partial charge in [0.25, 0.3) is 0 Å². The van der Waals surface area contributed by atoms with E-state index in [2.05, 4.69) is 10.0 Å². The van der Waals surface area contributed by atoms with Gasteiger partial charge in [0.1, 0.15) is 5.75 Å². The molecular weight excluding hydrogens is 268 g/mol. The minimum absolute atomic E-state index is 0.152. The van der Waals surface area contributed by atoms with Crippen LogP contribution in [-0.2, 0) is 14.8 Å². The molecule has 0 amide bonds. The fourth-order valence-electron chi connectivity index (χ4n) is 2.06. The molecule has 1 heterocycles. The molecule has 1 fully saturated rings. The first kappa shape index (κ1) is 14.3. The summed E-state index contributed by atoms with van der Waals surface area (Å²) < 4.78 is 37.5. The number of benzene rings is 1. The Bertz CT molecular complexity index is 532. The molecule has 1 aromatic rings. The molecule has 2 N–H and O–H groups in total. The van der Waals surface area contributed by atoms with Crippen LogP contribution >= 0.6 is 0 Å². The molecular formula is C12H18N2O4S. The highest BCUT2D eigenvalue weighted by molar-refractivity contribution is 7.89. The molecule has 0 unspecified atom stereocenters. The molecule has 0 saturated carbocycles. The fourth-order valence-corrected chi connectivity index (χ4v) is 3.35. The zero-order valence-electron chi connectivity index (χ0n) is 10.9. The van der Waals surface area contributed by atoms with Gasteiger partial charge in [-0.2, -0.15) is 0 Å². The number of sulfonamides is 1. The van der Waals surface area contributed by atoms with Crippen molar-refractivity contribution in [1.82, 2.24) is 10.0 Å². The Hall–Kier alpha value is -1.15. The minimum atomic E-state index is -3.57. The Morgan fingerprint density at radius 1 is 1.32 bits per heavy atom. The first-order valence-corrected chi connectivity index (χ1v) is 7.45. The van der Waals surface area contributed by atoms with Crippen molar-refractivity contribution in [1.29, 1.82) is 0 Å². The number of nitrogens with one attached hydrogen (secondary N) is 2. The molecule has 1 aromatic carbocycles. The van der Waals surface area contributed by atoms with Crippen LogP contribution in [0.2, 0.25) is 0 Å². The van der Waals surface area contributed by atoms with Gasteiger partial charge in [0.15, 0.2) is 0 Å². The van der Waals surface area contributed by atoms with Crippen molar-refractivity contribution >= 4 is 10.0 Å². The zero-order valence-corrected chi connectivity index (χ0v) is 11.7. The molecule has 2 atom stereocenters. The second-order valence-corrected chi connectivity index (χ2v) is 6.05. The minimum Gasteiger partial charge on any atom is -0.497 e. The van der Waals surface area contributed by atoms with E-state index in [1.165, 1.54) is 19.2 Å². The van der Waals surface area contributed by atoms with Gasteiger partial charge < -0.3 is 14.8 Å². The van der Waals surface area contributed by atoms with E-state index in [-0.39, 0.29) is 17.0 Å². The van der Waals surface area contributed by atoms with Gasteiger partial charge in [-0.3, -0.25) is 0 Å². The van der Waals surface area contributed by atoms with Crippen LogP contribution in [0.15, 0.2) is 29.2 Å². The zero-order chi connectivity index (χ0) is 13.9. The van der Waals surface area contributed by atoms with E-state index in [9.17, 15) is 8.42 Å². The number of hydrogen-bond acceptors (Lipinski definition) is 5. The van der Waals surface area contributed by atoms with E-state index < -0.39 is 10.0 Å². The summed E-state index contributed by atoms with van der Waals surface area (Å²) in [6, 6.07) is 6.12. The van der Waals surface area contributed by atoms with Crippen molar-refractivity contribution in [2.75, 3.05) is 27.3 Å². The van der Waals surface area contributed by atoms with Gasteiger partial charge >= 0.3 is 0 Å². The summed E-state index contributed by atoms with van der Waals surface area (Å²) in [6.07, 6.45) is -0.152. The quantitative estimate of drug-likeness (QED) is 0.794. The summed E-state index contributed by atoms with van der Waals surface area (Å²) in [4.78, 5) is 0.189. The van der Waals surface area contributed by atoms with Crippen molar-refractivity contribution in [2.45, 2.75) is 17.0 Å². The van der Waals surface area contributed by atoms with Crippen LogP contribution in [0.3, 0.4) is 0 Å². The van der Waals surface area contributed by atoms with Crippen LogP contribution in [0.25, 0.3) is 0 Å².